The van der Waals surface area contributed by atoms with Crippen LogP contribution < -0.4 is 10.2 Å². The number of anilines is 1. The van der Waals surface area contributed by atoms with Gasteiger partial charge < -0.3 is 15.3 Å². The Hall–Kier alpha value is -2.78. The predicted molar refractivity (Wildman–Crippen MR) is 106 cm³/mol. The smallest absolute Gasteiger partial charge is 0.252 e. The largest absolute Gasteiger partial charge is 0.376 e. The van der Waals surface area contributed by atoms with E-state index in [0.717, 1.165) is 6.07 Å². The molecular weight excluding hydrogens is 421 g/mol. The van der Waals surface area contributed by atoms with Crippen LogP contribution in [0.3, 0.4) is 0 Å². The minimum Gasteiger partial charge on any atom is -0.376 e. The number of H-pyrrole nitrogens is 1. The van der Waals surface area contributed by atoms with Gasteiger partial charge in [-0.2, -0.15) is 5.10 Å². The summed E-state index contributed by atoms with van der Waals surface area (Å²) in [5.74, 6) is -4.04. The third kappa shape index (κ3) is 3.82. The van der Waals surface area contributed by atoms with Gasteiger partial charge in [0.1, 0.15) is 18.3 Å². The molecule has 0 bridgehead atoms. The van der Waals surface area contributed by atoms with Crippen LogP contribution >= 0.6 is 11.6 Å². The van der Waals surface area contributed by atoms with Gasteiger partial charge in [0.25, 0.3) is 5.92 Å². The van der Waals surface area contributed by atoms with Crippen molar-refractivity contribution in [3.63, 3.8) is 0 Å². The van der Waals surface area contributed by atoms with Gasteiger partial charge in [-0.25, -0.2) is 13.2 Å². The first-order valence-electron chi connectivity index (χ1n) is 9.22. The van der Waals surface area contributed by atoms with Gasteiger partial charge in [-0.1, -0.05) is 29.8 Å². The number of hydrogen-bond acceptors (Lipinski definition) is 4. The van der Waals surface area contributed by atoms with Crippen LogP contribution in [0.5, 0.6) is 0 Å². The van der Waals surface area contributed by atoms with Crippen molar-refractivity contribution in [2.75, 3.05) is 11.6 Å². The number of alkyl halides is 2. The maximum Gasteiger partial charge on any atom is 0.252 e. The summed E-state index contributed by atoms with van der Waals surface area (Å²) in [6.07, 6.45) is 0.504. The second kappa shape index (κ2) is 7.81. The number of benzene rings is 2. The van der Waals surface area contributed by atoms with Gasteiger partial charge >= 0.3 is 0 Å². The first-order valence-corrected chi connectivity index (χ1v) is 9.59. The van der Waals surface area contributed by atoms with Crippen LogP contribution in [0.2, 0.25) is 5.02 Å². The summed E-state index contributed by atoms with van der Waals surface area (Å²) in [4.78, 5) is 14.4. The van der Waals surface area contributed by atoms with Crippen molar-refractivity contribution in [1.82, 2.24) is 15.5 Å². The molecular formula is C20H18ClF3N4O2. The molecule has 2 aromatic carbocycles. The highest BCUT2D eigenvalue weighted by atomic mass is 35.5. The number of aliphatic hydroxyl groups is 1. The molecule has 1 atom stereocenters. The van der Waals surface area contributed by atoms with Crippen LogP contribution in [0.25, 0.3) is 10.9 Å². The van der Waals surface area contributed by atoms with Gasteiger partial charge in [0.2, 0.25) is 5.91 Å². The van der Waals surface area contributed by atoms with E-state index in [1.165, 1.54) is 11.1 Å². The lowest BCUT2D eigenvalue weighted by atomic mass is 9.87. The lowest BCUT2D eigenvalue weighted by Crippen LogP contribution is -2.53. The molecule has 6 nitrogen and oxygen atoms in total. The second-order valence-electron chi connectivity index (χ2n) is 7.27. The zero-order valence-corrected chi connectivity index (χ0v) is 16.3. The van der Waals surface area contributed by atoms with E-state index in [-0.39, 0.29) is 16.2 Å². The molecule has 1 aliphatic carbocycles. The van der Waals surface area contributed by atoms with Crippen molar-refractivity contribution in [2.24, 2.45) is 0 Å². The Balaban J connectivity index is 1.73. The molecule has 0 radical (unpaired) electrons. The standard InChI is InChI=1S/C20H18ClF3N4O2/c21-15-4-2-1-3-14(15)18(19(30)26-12-7-20(23,24)8-12)28(10-29)13-5-11-9-25-27-17(11)16(22)6-13/h1-6,9,12,18,29H,7-8,10H2,(H,25,27)(H,26,30)/t18-/m0/s1. The van der Waals surface area contributed by atoms with Crippen molar-refractivity contribution < 1.29 is 23.1 Å². The van der Waals surface area contributed by atoms with Crippen LogP contribution in [0.1, 0.15) is 24.4 Å². The fourth-order valence-corrected chi connectivity index (χ4v) is 3.91. The number of aromatic amines is 1. The van der Waals surface area contributed by atoms with Crippen molar-refractivity contribution in [2.45, 2.75) is 30.8 Å². The Kier molecular flexibility index (Phi) is 5.33. The molecule has 1 saturated carbocycles. The van der Waals surface area contributed by atoms with Crippen LogP contribution in [0, 0.1) is 5.82 Å². The average molecular weight is 439 g/mol. The first-order chi connectivity index (χ1) is 14.3. The summed E-state index contributed by atoms with van der Waals surface area (Å²) in [6.45, 7) is -0.646. The Morgan fingerprint density at radius 2 is 2.10 bits per heavy atom. The highest BCUT2D eigenvalue weighted by Crippen LogP contribution is 2.39. The number of aliphatic hydroxyl groups excluding tert-OH is 1. The summed E-state index contributed by atoms with van der Waals surface area (Å²) >= 11 is 6.29. The monoisotopic (exact) mass is 438 g/mol. The molecule has 4 rings (SSSR count). The highest BCUT2D eigenvalue weighted by Gasteiger charge is 2.47. The molecule has 0 unspecified atom stereocenters. The molecule has 0 saturated heterocycles. The number of hydrogen-bond donors (Lipinski definition) is 3. The number of nitrogens with one attached hydrogen (secondary N) is 2. The van der Waals surface area contributed by atoms with Gasteiger partial charge in [0.05, 0.1) is 6.20 Å². The first kappa shape index (κ1) is 20.5. The minimum absolute atomic E-state index is 0.187. The fourth-order valence-electron chi connectivity index (χ4n) is 3.67. The van der Waals surface area contributed by atoms with E-state index in [0.29, 0.717) is 10.9 Å². The molecule has 1 fully saturated rings. The van der Waals surface area contributed by atoms with E-state index in [4.69, 9.17) is 11.6 Å². The second-order valence-corrected chi connectivity index (χ2v) is 7.67. The van der Waals surface area contributed by atoms with Crippen LogP contribution in [-0.4, -0.2) is 39.9 Å². The summed E-state index contributed by atoms with van der Waals surface area (Å²) < 4.78 is 40.9. The third-order valence-corrected chi connectivity index (χ3v) is 5.51. The number of carbonyl (C=O) groups is 1. The van der Waals surface area contributed by atoms with Crippen molar-refractivity contribution in [1.29, 1.82) is 0 Å². The lowest BCUT2D eigenvalue weighted by Gasteiger charge is -2.38. The van der Waals surface area contributed by atoms with E-state index in [9.17, 15) is 23.1 Å². The van der Waals surface area contributed by atoms with E-state index in [1.807, 2.05) is 0 Å². The molecule has 0 spiro atoms. The van der Waals surface area contributed by atoms with Crippen LogP contribution in [0.15, 0.2) is 42.6 Å². The summed E-state index contributed by atoms with van der Waals surface area (Å²) in [5, 5.41) is 19.7. The van der Waals surface area contributed by atoms with Gasteiger partial charge in [-0.05, 0) is 18.2 Å². The van der Waals surface area contributed by atoms with Crippen LogP contribution in [0.4, 0.5) is 18.9 Å². The SMILES string of the molecule is O=C(NC1CC(F)(F)C1)[C@H](c1ccccc1Cl)N(CO)c1cc(F)c2[nH]ncc2c1. The zero-order chi connectivity index (χ0) is 21.5. The zero-order valence-electron chi connectivity index (χ0n) is 15.6. The lowest BCUT2D eigenvalue weighted by molar-refractivity contribution is -0.130. The number of fused-ring (bicyclic) bond motifs is 1. The predicted octanol–water partition coefficient (Wildman–Crippen LogP) is 3.77. The van der Waals surface area contributed by atoms with Crippen molar-refractivity contribution in [3.05, 3.63) is 59.0 Å². The Morgan fingerprint density at radius 3 is 2.77 bits per heavy atom. The van der Waals surface area contributed by atoms with E-state index < -0.39 is 49.3 Å². The summed E-state index contributed by atoms with van der Waals surface area (Å²) in [5.41, 5.74) is 0.750. The van der Waals surface area contributed by atoms with Gasteiger partial charge in [0.15, 0.2) is 5.82 Å². The van der Waals surface area contributed by atoms with E-state index >= 15 is 0 Å². The van der Waals surface area contributed by atoms with Crippen molar-refractivity contribution >= 4 is 34.1 Å². The molecule has 3 aromatic rings. The Bertz CT molecular complexity index is 1080. The highest BCUT2D eigenvalue weighted by molar-refractivity contribution is 6.31. The quantitative estimate of drug-likeness (QED) is 0.512. The normalized spacial score (nSPS) is 16.8. The molecule has 0 aliphatic heterocycles. The topological polar surface area (TPSA) is 81.3 Å². The van der Waals surface area contributed by atoms with Crippen molar-refractivity contribution in [3.8, 4) is 0 Å². The van der Waals surface area contributed by atoms with Gasteiger partial charge in [-0.3, -0.25) is 9.89 Å². The number of aromatic nitrogens is 2. The molecule has 30 heavy (non-hydrogen) atoms. The maximum absolute atomic E-state index is 14.5. The molecule has 3 N–H and O–H groups in total. The molecule has 158 valence electrons. The Labute approximate surface area is 174 Å². The van der Waals surface area contributed by atoms with Crippen LogP contribution in [-0.2, 0) is 4.79 Å². The third-order valence-electron chi connectivity index (χ3n) is 5.17. The number of carbonyl (C=O) groups excluding carboxylic acids is 1. The number of rotatable bonds is 6. The fraction of sp³-hybridized carbons (Fsp3) is 0.300. The molecule has 1 amide bonds. The molecule has 1 heterocycles. The van der Waals surface area contributed by atoms with Gasteiger partial charge in [-0.15, -0.1) is 0 Å². The number of amides is 1. The summed E-state index contributed by atoms with van der Waals surface area (Å²) in [6, 6.07) is 7.37. The molecule has 1 aromatic heterocycles. The Morgan fingerprint density at radius 1 is 1.37 bits per heavy atom. The van der Waals surface area contributed by atoms with E-state index in [1.54, 1.807) is 30.3 Å². The average Bonchev–Trinajstić information content (AvgIpc) is 3.14. The maximum atomic E-state index is 14.5. The molecule has 1 aliphatic rings. The molecule has 10 heteroatoms. The van der Waals surface area contributed by atoms with Gasteiger partial charge in [0, 0.05) is 40.5 Å². The van der Waals surface area contributed by atoms with E-state index in [2.05, 4.69) is 15.5 Å². The number of nitrogens with zero attached hydrogens (tertiary/aromatic N) is 2. The summed E-state index contributed by atoms with van der Waals surface area (Å²) in [7, 11) is 0. The number of halogens is 4. The minimum atomic E-state index is -2.80.